The third kappa shape index (κ3) is 3.20. The maximum Gasteiger partial charge on any atom is 0.229 e. The highest BCUT2D eigenvalue weighted by Gasteiger charge is 2.10. The number of benzene rings is 1. The lowest BCUT2D eigenvalue weighted by Crippen LogP contribution is -2.09. The summed E-state index contributed by atoms with van der Waals surface area (Å²) in [5.41, 5.74) is 8.65. The van der Waals surface area contributed by atoms with Crippen molar-refractivity contribution in [2.24, 2.45) is 0 Å². The van der Waals surface area contributed by atoms with Crippen LogP contribution in [0.15, 0.2) is 34.9 Å². The number of aromatic amines is 1. The number of H-pyrrole nitrogens is 1. The second-order valence-electron chi connectivity index (χ2n) is 4.82. The Balaban J connectivity index is 2.09. The van der Waals surface area contributed by atoms with Crippen LogP contribution < -0.4 is 10.5 Å². The van der Waals surface area contributed by atoms with Crippen molar-refractivity contribution in [3.8, 4) is 11.4 Å². The molecular formula is C13H12BrN5O2S. The predicted molar refractivity (Wildman–Crippen MR) is 89.9 cm³/mol. The number of halogens is 1. The maximum atomic E-state index is 11.3. The van der Waals surface area contributed by atoms with Gasteiger partial charge in [0.25, 0.3) is 0 Å². The zero-order chi connectivity index (χ0) is 15.9. The Morgan fingerprint density at radius 3 is 2.77 bits per heavy atom. The molecule has 0 amide bonds. The van der Waals surface area contributed by atoms with E-state index in [0.717, 1.165) is 10.7 Å². The monoisotopic (exact) mass is 381 g/mol. The molecule has 4 N–H and O–H groups in total. The largest absolute Gasteiger partial charge is 0.399 e. The summed E-state index contributed by atoms with van der Waals surface area (Å²) in [6.07, 6.45) is 2.75. The van der Waals surface area contributed by atoms with Gasteiger partial charge in [0.1, 0.15) is 11.3 Å². The number of aromatic nitrogens is 3. The van der Waals surface area contributed by atoms with Gasteiger partial charge in [-0.25, -0.2) is 18.4 Å². The Hall–Kier alpha value is -2.13. The second-order valence-corrected chi connectivity index (χ2v) is 7.49. The van der Waals surface area contributed by atoms with Gasteiger partial charge >= 0.3 is 0 Å². The summed E-state index contributed by atoms with van der Waals surface area (Å²) in [7, 11) is -3.38. The number of fused-ring (bicyclic) bond motifs is 1. The van der Waals surface area contributed by atoms with Gasteiger partial charge in [-0.2, -0.15) is 0 Å². The molecule has 7 nitrogen and oxygen atoms in total. The number of sulfonamides is 1. The number of hydrogen-bond acceptors (Lipinski definition) is 5. The predicted octanol–water partition coefficient (Wildman–Crippen LogP) is 2.34. The molecule has 3 rings (SSSR count). The average Bonchev–Trinajstić information content (AvgIpc) is 2.78. The first-order chi connectivity index (χ1) is 10.3. The first kappa shape index (κ1) is 14.8. The van der Waals surface area contributed by atoms with Crippen molar-refractivity contribution < 1.29 is 8.42 Å². The molecule has 22 heavy (non-hydrogen) atoms. The summed E-state index contributed by atoms with van der Waals surface area (Å²) in [6, 6.07) is 6.75. The molecule has 0 fully saturated rings. The molecule has 0 atom stereocenters. The molecule has 0 aliphatic carbocycles. The van der Waals surface area contributed by atoms with E-state index in [0.29, 0.717) is 33.9 Å². The molecule has 0 aliphatic rings. The molecule has 3 aromatic rings. The Labute approximate surface area is 135 Å². The summed E-state index contributed by atoms with van der Waals surface area (Å²) in [6.45, 7) is 0. The van der Waals surface area contributed by atoms with Gasteiger partial charge in [0.15, 0.2) is 5.65 Å². The number of pyridine rings is 1. The summed E-state index contributed by atoms with van der Waals surface area (Å²) >= 11 is 3.34. The molecule has 0 aliphatic heterocycles. The van der Waals surface area contributed by atoms with E-state index >= 15 is 0 Å². The van der Waals surface area contributed by atoms with Crippen LogP contribution in [0, 0.1) is 0 Å². The summed E-state index contributed by atoms with van der Waals surface area (Å²) < 4.78 is 25.9. The van der Waals surface area contributed by atoms with Gasteiger partial charge in [0, 0.05) is 21.9 Å². The number of nitrogen functional groups attached to an aromatic ring is 1. The normalized spacial score (nSPS) is 11.7. The highest BCUT2D eigenvalue weighted by atomic mass is 79.9. The number of hydrogen-bond donors (Lipinski definition) is 3. The molecule has 0 unspecified atom stereocenters. The number of nitrogens with one attached hydrogen (secondary N) is 2. The number of nitrogens with two attached hydrogens (primary N) is 1. The van der Waals surface area contributed by atoms with Crippen LogP contribution in [-0.4, -0.2) is 29.6 Å². The van der Waals surface area contributed by atoms with Crippen molar-refractivity contribution in [2.75, 3.05) is 16.7 Å². The molecule has 2 aromatic heterocycles. The van der Waals surface area contributed by atoms with E-state index < -0.39 is 10.0 Å². The van der Waals surface area contributed by atoms with Gasteiger partial charge in [-0.15, -0.1) is 0 Å². The lowest BCUT2D eigenvalue weighted by atomic mass is 10.1. The zero-order valence-electron chi connectivity index (χ0n) is 11.5. The van der Waals surface area contributed by atoms with Crippen LogP contribution >= 0.6 is 15.9 Å². The molecule has 9 heteroatoms. The third-order valence-electron chi connectivity index (χ3n) is 2.84. The van der Waals surface area contributed by atoms with Crippen molar-refractivity contribution in [3.05, 3.63) is 34.9 Å². The fraction of sp³-hybridized carbons (Fsp3) is 0.0769. The first-order valence-corrected chi connectivity index (χ1v) is 8.88. The van der Waals surface area contributed by atoms with Crippen molar-refractivity contribution in [1.29, 1.82) is 0 Å². The van der Waals surface area contributed by atoms with Gasteiger partial charge in [-0.3, -0.25) is 4.72 Å². The van der Waals surface area contributed by atoms with Crippen LogP contribution in [0.1, 0.15) is 0 Å². The number of imidazole rings is 1. The maximum absolute atomic E-state index is 11.3. The van der Waals surface area contributed by atoms with Crippen molar-refractivity contribution in [3.63, 3.8) is 0 Å². The number of anilines is 2. The highest BCUT2D eigenvalue weighted by Crippen LogP contribution is 2.26. The van der Waals surface area contributed by atoms with Gasteiger partial charge in [0.05, 0.1) is 11.9 Å². The van der Waals surface area contributed by atoms with Gasteiger partial charge in [0.2, 0.25) is 10.0 Å². The smallest absolute Gasteiger partial charge is 0.229 e. The fourth-order valence-electron chi connectivity index (χ4n) is 2.07. The van der Waals surface area contributed by atoms with E-state index in [1.807, 2.05) is 6.07 Å². The van der Waals surface area contributed by atoms with Crippen molar-refractivity contribution in [1.82, 2.24) is 15.0 Å². The summed E-state index contributed by atoms with van der Waals surface area (Å²) in [4.78, 5) is 11.7. The Morgan fingerprint density at radius 2 is 2.05 bits per heavy atom. The number of nitrogens with zero attached hydrogens (tertiary/aromatic N) is 2. The van der Waals surface area contributed by atoms with E-state index in [-0.39, 0.29) is 0 Å². The van der Waals surface area contributed by atoms with Crippen LogP contribution in [-0.2, 0) is 10.0 Å². The Kier molecular flexibility index (Phi) is 3.53. The molecular weight excluding hydrogens is 370 g/mol. The Morgan fingerprint density at radius 1 is 1.27 bits per heavy atom. The molecule has 0 bridgehead atoms. The topological polar surface area (TPSA) is 114 Å². The molecule has 0 saturated heterocycles. The second kappa shape index (κ2) is 5.25. The standard InChI is InChI=1S/C13H12BrN5O2S/c1-22(20,21)19-10-3-7(2-9(15)5-10)12-17-11-4-8(14)6-16-13(11)18-12/h2-6,19H,15H2,1H3,(H,16,17,18). The molecule has 2 heterocycles. The van der Waals surface area contributed by atoms with Crippen LogP contribution in [0.25, 0.3) is 22.6 Å². The fourth-order valence-corrected chi connectivity index (χ4v) is 2.93. The van der Waals surface area contributed by atoms with Crippen LogP contribution in [0.5, 0.6) is 0 Å². The van der Waals surface area contributed by atoms with Crippen molar-refractivity contribution >= 4 is 48.5 Å². The van der Waals surface area contributed by atoms with Crippen molar-refractivity contribution in [2.45, 2.75) is 0 Å². The van der Waals surface area contributed by atoms with Crippen LogP contribution in [0.3, 0.4) is 0 Å². The molecule has 1 aromatic carbocycles. The Bertz CT molecular complexity index is 968. The van der Waals surface area contributed by atoms with Crippen LogP contribution in [0.2, 0.25) is 0 Å². The van der Waals surface area contributed by atoms with Gasteiger partial charge in [-0.1, -0.05) is 0 Å². The molecule has 0 radical (unpaired) electrons. The molecule has 114 valence electrons. The van der Waals surface area contributed by atoms with E-state index in [1.54, 1.807) is 24.4 Å². The average molecular weight is 382 g/mol. The molecule has 0 spiro atoms. The third-order valence-corrected chi connectivity index (χ3v) is 3.88. The minimum Gasteiger partial charge on any atom is -0.399 e. The lowest BCUT2D eigenvalue weighted by molar-refractivity contribution is 0.607. The van der Waals surface area contributed by atoms with Crippen LogP contribution in [0.4, 0.5) is 11.4 Å². The SMILES string of the molecule is CS(=O)(=O)Nc1cc(N)cc(-c2nc3cc(Br)cnc3[nH]2)c1. The van der Waals surface area contributed by atoms with Gasteiger partial charge < -0.3 is 10.7 Å². The number of rotatable bonds is 3. The van der Waals surface area contributed by atoms with E-state index in [4.69, 9.17) is 5.73 Å². The molecule has 0 saturated carbocycles. The minimum absolute atomic E-state index is 0.382. The quantitative estimate of drug-likeness (QED) is 0.602. The first-order valence-electron chi connectivity index (χ1n) is 6.20. The lowest BCUT2D eigenvalue weighted by Gasteiger charge is -2.07. The van der Waals surface area contributed by atoms with Gasteiger partial charge in [-0.05, 0) is 40.2 Å². The highest BCUT2D eigenvalue weighted by molar-refractivity contribution is 9.10. The summed E-state index contributed by atoms with van der Waals surface area (Å²) in [5.74, 6) is 0.560. The van der Waals surface area contributed by atoms with E-state index in [1.165, 1.54) is 0 Å². The summed E-state index contributed by atoms with van der Waals surface area (Å²) in [5, 5.41) is 0. The van der Waals surface area contributed by atoms with E-state index in [9.17, 15) is 8.42 Å². The van der Waals surface area contributed by atoms with E-state index in [2.05, 4.69) is 35.6 Å². The minimum atomic E-state index is -3.38. The zero-order valence-corrected chi connectivity index (χ0v) is 13.9.